The molecule has 0 aliphatic rings. The fraction of sp³-hybridized carbons (Fsp3) is 0.222. The van der Waals surface area contributed by atoms with Gasteiger partial charge in [-0.15, -0.1) is 0 Å². The van der Waals surface area contributed by atoms with Crippen LogP contribution in [-0.2, 0) is 11.2 Å². The molecule has 0 aliphatic carbocycles. The number of halogens is 1. The highest BCUT2D eigenvalue weighted by Crippen LogP contribution is 2.23. The van der Waals surface area contributed by atoms with Crippen LogP contribution in [0.2, 0.25) is 0 Å². The van der Waals surface area contributed by atoms with Gasteiger partial charge >= 0.3 is 0 Å². The molecule has 0 unspecified atom stereocenters. The first-order valence-electron chi connectivity index (χ1n) is 7.50. The maximum atomic E-state index is 11.8. The number of hydrazone groups is 1. The van der Waals surface area contributed by atoms with Crippen LogP contribution in [0.5, 0.6) is 11.5 Å². The third-order valence-electron chi connectivity index (χ3n) is 3.29. The standard InChI is InChI=1S/C18H19BrN2O3/c1-3-13-10-15(19)8-9-17(13)24-12-18(22)21-20-11-14-6-4-5-7-16(14)23-2/h4-11H,3,12H2,1-2H3,(H,21,22)/b20-11+. The summed E-state index contributed by atoms with van der Waals surface area (Å²) in [5, 5.41) is 3.93. The normalized spacial score (nSPS) is 10.6. The van der Waals surface area contributed by atoms with Gasteiger partial charge in [0.25, 0.3) is 5.91 Å². The Balaban J connectivity index is 1.89. The average molecular weight is 391 g/mol. The lowest BCUT2D eigenvalue weighted by molar-refractivity contribution is -0.123. The molecule has 0 atom stereocenters. The van der Waals surface area contributed by atoms with E-state index in [-0.39, 0.29) is 12.5 Å². The van der Waals surface area contributed by atoms with Gasteiger partial charge in [-0.2, -0.15) is 5.10 Å². The molecule has 0 aromatic heterocycles. The first-order chi connectivity index (χ1) is 11.6. The van der Waals surface area contributed by atoms with Gasteiger partial charge in [0.2, 0.25) is 0 Å². The molecule has 126 valence electrons. The Morgan fingerprint density at radius 3 is 2.79 bits per heavy atom. The van der Waals surface area contributed by atoms with E-state index in [0.29, 0.717) is 11.5 Å². The predicted molar refractivity (Wildman–Crippen MR) is 97.7 cm³/mol. The minimum Gasteiger partial charge on any atom is -0.496 e. The van der Waals surface area contributed by atoms with Crippen LogP contribution in [0.4, 0.5) is 0 Å². The van der Waals surface area contributed by atoms with Crippen molar-refractivity contribution in [3.8, 4) is 11.5 Å². The molecule has 0 bridgehead atoms. The SMILES string of the molecule is CCc1cc(Br)ccc1OCC(=O)N/N=C/c1ccccc1OC. The van der Waals surface area contributed by atoms with Crippen molar-refractivity contribution >= 4 is 28.1 Å². The second kappa shape index (κ2) is 9.08. The maximum absolute atomic E-state index is 11.8. The van der Waals surface area contributed by atoms with Crippen molar-refractivity contribution in [1.82, 2.24) is 5.43 Å². The van der Waals surface area contributed by atoms with Crippen molar-refractivity contribution in [2.45, 2.75) is 13.3 Å². The zero-order chi connectivity index (χ0) is 17.4. The molecule has 2 aromatic carbocycles. The van der Waals surface area contributed by atoms with E-state index in [9.17, 15) is 4.79 Å². The summed E-state index contributed by atoms with van der Waals surface area (Å²) >= 11 is 3.42. The molecule has 0 saturated heterocycles. The summed E-state index contributed by atoms with van der Waals surface area (Å²) in [6, 6.07) is 13.1. The topological polar surface area (TPSA) is 59.9 Å². The lowest BCUT2D eigenvalue weighted by atomic mass is 10.1. The molecule has 0 heterocycles. The monoisotopic (exact) mass is 390 g/mol. The Bertz CT molecular complexity index is 732. The molecule has 1 N–H and O–H groups in total. The highest BCUT2D eigenvalue weighted by atomic mass is 79.9. The molecule has 0 radical (unpaired) electrons. The van der Waals surface area contributed by atoms with E-state index in [0.717, 1.165) is 22.0 Å². The van der Waals surface area contributed by atoms with Gasteiger partial charge in [0, 0.05) is 10.0 Å². The predicted octanol–water partition coefficient (Wildman–Crippen LogP) is 3.55. The minimum absolute atomic E-state index is 0.0993. The van der Waals surface area contributed by atoms with Gasteiger partial charge in [-0.05, 0) is 42.3 Å². The molecule has 0 fully saturated rings. The summed E-state index contributed by atoms with van der Waals surface area (Å²) in [6.07, 6.45) is 2.36. The van der Waals surface area contributed by atoms with E-state index in [2.05, 4.69) is 26.5 Å². The molecule has 6 heteroatoms. The van der Waals surface area contributed by atoms with Crippen LogP contribution >= 0.6 is 15.9 Å². The number of ether oxygens (including phenoxy) is 2. The van der Waals surface area contributed by atoms with Gasteiger partial charge in [-0.3, -0.25) is 4.79 Å². The average Bonchev–Trinajstić information content (AvgIpc) is 2.61. The first-order valence-corrected chi connectivity index (χ1v) is 8.29. The van der Waals surface area contributed by atoms with Crippen LogP contribution in [0.15, 0.2) is 52.0 Å². The third-order valence-corrected chi connectivity index (χ3v) is 3.79. The van der Waals surface area contributed by atoms with E-state index in [4.69, 9.17) is 9.47 Å². The summed E-state index contributed by atoms with van der Waals surface area (Å²) in [5.74, 6) is 1.06. The molecule has 2 rings (SSSR count). The number of nitrogens with one attached hydrogen (secondary N) is 1. The minimum atomic E-state index is -0.328. The van der Waals surface area contributed by atoms with Crippen LogP contribution in [0.3, 0.4) is 0 Å². The Kier molecular flexibility index (Phi) is 6.81. The smallest absolute Gasteiger partial charge is 0.277 e. The summed E-state index contributed by atoms with van der Waals surface area (Å²) < 4.78 is 11.8. The van der Waals surface area contributed by atoms with Crippen LogP contribution < -0.4 is 14.9 Å². The molecule has 5 nitrogen and oxygen atoms in total. The third kappa shape index (κ3) is 5.09. The number of aryl methyl sites for hydroxylation is 1. The number of methoxy groups -OCH3 is 1. The van der Waals surface area contributed by atoms with Crippen molar-refractivity contribution in [2.75, 3.05) is 13.7 Å². The largest absolute Gasteiger partial charge is 0.496 e. The molecular weight excluding hydrogens is 372 g/mol. The second-order valence-electron chi connectivity index (χ2n) is 4.93. The van der Waals surface area contributed by atoms with Crippen molar-refractivity contribution in [3.63, 3.8) is 0 Å². The fourth-order valence-electron chi connectivity index (χ4n) is 2.09. The summed E-state index contributed by atoms with van der Waals surface area (Å²) in [4.78, 5) is 11.8. The molecule has 0 spiro atoms. The number of benzene rings is 2. The van der Waals surface area contributed by atoms with Gasteiger partial charge in [0.05, 0.1) is 13.3 Å². The molecular formula is C18H19BrN2O3. The van der Waals surface area contributed by atoms with Crippen LogP contribution in [0.1, 0.15) is 18.1 Å². The fourth-order valence-corrected chi connectivity index (χ4v) is 2.50. The highest BCUT2D eigenvalue weighted by Gasteiger charge is 2.06. The number of para-hydroxylation sites is 1. The van der Waals surface area contributed by atoms with Crippen molar-refractivity contribution in [1.29, 1.82) is 0 Å². The molecule has 0 saturated carbocycles. The summed E-state index contributed by atoms with van der Waals surface area (Å²) in [7, 11) is 1.59. The Hall–Kier alpha value is -2.34. The number of hydrogen-bond acceptors (Lipinski definition) is 4. The van der Waals surface area contributed by atoms with E-state index < -0.39 is 0 Å². The highest BCUT2D eigenvalue weighted by molar-refractivity contribution is 9.10. The van der Waals surface area contributed by atoms with Gasteiger partial charge in [0.15, 0.2) is 6.61 Å². The molecule has 1 amide bonds. The number of nitrogens with zero attached hydrogens (tertiary/aromatic N) is 1. The van der Waals surface area contributed by atoms with E-state index in [1.54, 1.807) is 7.11 Å². The Morgan fingerprint density at radius 2 is 2.04 bits per heavy atom. The number of amides is 1. The summed E-state index contributed by atoms with van der Waals surface area (Å²) in [5.41, 5.74) is 4.26. The van der Waals surface area contributed by atoms with Crippen LogP contribution in [0, 0.1) is 0 Å². The van der Waals surface area contributed by atoms with Crippen LogP contribution in [-0.4, -0.2) is 25.8 Å². The van der Waals surface area contributed by atoms with Gasteiger partial charge in [0.1, 0.15) is 11.5 Å². The number of rotatable bonds is 7. The van der Waals surface area contributed by atoms with Gasteiger partial charge < -0.3 is 9.47 Å². The van der Waals surface area contributed by atoms with Gasteiger partial charge in [-0.25, -0.2) is 5.43 Å². The molecule has 24 heavy (non-hydrogen) atoms. The second-order valence-corrected chi connectivity index (χ2v) is 5.85. The lowest BCUT2D eigenvalue weighted by Gasteiger charge is -2.10. The maximum Gasteiger partial charge on any atom is 0.277 e. The molecule has 0 aliphatic heterocycles. The first kappa shape index (κ1) is 18.0. The van der Waals surface area contributed by atoms with E-state index in [1.807, 2.05) is 49.4 Å². The molecule has 2 aromatic rings. The zero-order valence-electron chi connectivity index (χ0n) is 13.6. The van der Waals surface area contributed by atoms with Crippen molar-refractivity contribution in [3.05, 3.63) is 58.1 Å². The van der Waals surface area contributed by atoms with Crippen LogP contribution in [0.25, 0.3) is 0 Å². The zero-order valence-corrected chi connectivity index (χ0v) is 15.2. The number of carbonyl (C=O) groups excluding carboxylic acids is 1. The van der Waals surface area contributed by atoms with Crippen molar-refractivity contribution < 1.29 is 14.3 Å². The van der Waals surface area contributed by atoms with Crippen molar-refractivity contribution in [2.24, 2.45) is 5.10 Å². The number of hydrogen-bond donors (Lipinski definition) is 1. The van der Waals surface area contributed by atoms with E-state index in [1.165, 1.54) is 6.21 Å². The van der Waals surface area contributed by atoms with Gasteiger partial charge in [-0.1, -0.05) is 35.0 Å². The Morgan fingerprint density at radius 1 is 1.25 bits per heavy atom. The van der Waals surface area contributed by atoms with E-state index >= 15 is 0 Å². The Labute approximate surface area is 149 Å². The summed E-state index contributed by atoms with van der Waals surface area (Å²) in [6.45, 7) is 1.93. The lowest BCUT2D eigenvalue weighted by Crippen LogP contribution is -2.24. The quantitative estimate of drug-likeness (QED) is 0.580. The number of carbonyl (C=O) groups is 1.